The summed E-state index contributed by atoms with van der Waals surface area (Å²) in [4.78, 5) is 11.9. The van der Waals surface area contributed by atoms with Crippen molar-refractivity contribution in [3.8, 4) is 5.75 Å². The van der Waals surface area contributed by atoms with Crippen molar-refractivity contribution in [3.63, 3.8) is 0 Å². The van der Waals surface area contributed by atoms with Crippen molar-refractivity contribution in [2.45, 2.75) is 32.6 Å². The molecule has 0 aliphatic carbocycles. The number of hydrogen-bond donors (Lipinski definition) is 0. The normalized spacial score (nSPS) is 10.4. The zero-order chi connectivity index (χ0) is 15.1. The van der Waals surface area contributed by atoms with Gasteiger partial charge in [0.15, 0.2) is 0 Å². The van der Waals surface area contributed by atoms with E-state index in [2.05, 4.69) is 6.92 Å². The summed E-state index contributed by atoms with van der Waals surface area (Å²) in [5.41, 5.74) is 1.58. The maximum absolute atomic E-state index is 12.8. The molecule has 0 amide bonds. The minimum absolute atomic E-state index is 0.337. The van der Waals surface area contributed by atoms with Crippen LogP contribution in [0.25, 0.3) is 0 Å². The lowest BCUT2D eigenvalue weighted by atomic mass is 10.1. The van der Waals surface area contributed by atoms with Crippen molar-refractivity contribution in [2.24, 2.45) is 0 Å². The largest absolute Gasteiger partial charge is 0.423 e. The van der Waals surface area contributed by atoms with Crippen LogP contribution in [0.3, 0.4) is 0 Å². The Labute approximate surface area is 124 Å². The van der Waals surface area contributed by atoms with Crippen molar-refractivity contribution < 1.29 is 13.9 Å². The Bertz CT molecular complexity index is 573. The fourth-order valence-electron chi connectivity index (χ4n) is 2.06. The molecular formula is C18H19FO2. The number of benzene rings is 2. The Morgan fingerprint density at radius 1 is 1.00 bits per heavy atom. The van der Waals surface area contributed by atoms with Gasteiger partial charge in [0.1, 0.15) is 11.6 Å². The molecule has 2 aromatic rings. The van der Waals surface area contributed by atoms with Gasteiger partial charge in [0, 0.05) is 0 Å². The number of hydrogen-bond acceptors (Lipinski definition) is 2. The van der Waals surface area contributed by atoms with Crippen LogP contribution in [0.2, 0.25) is 0 Å². The van der Waals surface area contributed by atoms with Crippen LogP contribution >= 0.6 is 0 Å². The highest BCUT2D eigenvalue weighted by Gasteiger charge is 2.08. The van der Waals surface area contributed by atoms with E-state index in [9.17, 15) is 9.18 Å². The highest BCUT2D eigenvalue weighted by atomic mass is 19.1. The van der Waals surface area contributed by atoms with Crippen molar-refractivity contribution in [1.82, 2.24) is 0 Å². The third kappa shape index (κ3) is 4.71. The van der Waals surface area contributed by atoms with E-state index in [1.165, 1.54) is 49.1 Å². The maximum atomic E-state index is 12.8. The van der Waals surface area contributed by atoms with Gasteiger partial charge in [-0.15, -0.1) is 0 Å². The van der Waals surface area contributed by atoms with E-state index in [4.69, 9.17) is 4.74 Å². The summed E-state index contributed by atoms with van der Waals surface area (Å²) in [6.45, 7) is 2.18. The third-order valence-corrected chi connectivity index (χ3v) is 3.28. The second kappa shape index (κ2) is 7.58. The predicted molar refractivity (Wildman–Crippen MR) is 81.0 cm³/mol. The highest BCUT2D eigenvalue weighted by Crippen LogP contribution is 2.16. The van der Waals surface area contributed by atoms with Gasteiger partial charge in [0.2, 0.25) is 0 Å². The molecule has 0 bridgehead atoms. The van der Waals surface area contributed by atoms with Crippen molar-refractivity contribution in [2.75, 3.05) is 0 Å². The van der Waals surface area contributed by atoms with Crippen LogP contribution in [0.15, 0.2) is 48.5 Å². The van der Waals surface area contributed by atoms with Crippen LogP contribution in [0.1, 0.15) is 42.1 Å². The summed E-state index contributed by atoms with van der Waals surface area (Å²) in [6, 6.07) is 12.9. The van der Waals surface area contributed by atoms with Gasteiger partial charge in [0.25, 0.3) is 0 Å². The van der Waals surface area contributed by atoms with E-state index in [0.717, 1.165) is 6.42 Å². The average molecular weight is 286 g/mol. The number of ether oxygens (including phenoxy) is 1. The minimum atomic E-state index is -0.478. The Morgan fingerprint density at radius 2 is 1.67 bits per heavy atom. The monoisotopic (exact) mass is 286 g/mol. The molecule has 3 heteroatoms. The lowest BCUT2D eigenvalue weighted by Gasteiger charge is -2.06. The van der Waals surface area contributed by atoms with E-state index >= 15 is 0 Å². The summed E-state index contributed by atoms with van der Waals surface area (Å²) in [5.74, 6) is -0.347. The first-order chi connectivity index (χ1) is 10.2. The summed E-state index contributed by atoms with van der Waals surface area (Å²) in [5, 5.41) is 0. The van der Waals surface area contributed by atoms with Crippen LogP contribution in [0.4, 0.5) is 4.39 Å². The minimum Gasteiger partial charge on any atom is -0.423 e. The topological polar surface area (TPSA) is 26.3 Å². The van der Waals surface area contributed by atoms with E-state index < -0.39 is 5.97 Å². The number of esters is 1. The zero-order valence-corrected chi connectivity index (χ0v) is 12.1. The molecule has 0 aromatic heterocycles. The quantitative estimate of drug-likeness (QED) is 0.434. The number of carbonyl (C=O) groups is 1. The number of unbranched alkanes of at least 4 members (excludes halogenated alkanes) is 2. The molecule has 2 rings (SSSR count). The first kappa shape index (κ1) is 15.2. The van der Waals surface area contributed by atoms with Gasteiger partial charge < -0.3 is 4.74 Å². The van der Waals surface area contributed by atoms with Gasteiger partial charge in [-0.05, 0) is 54.8 Å². The molecule has 0 heterocycles. The van der Waals surface area contributed by atoms with Crippen LogP contribution in [0, 0.1) is 5.82 Å². The fraction of sp³-hybridized carbons (Fsp3) is 0.278. The summed E-state index contributed by atoms with van der Waals surface area (Å²) >= 11 is 0. The van der Waals surface area contributed by atoms with E-state index in [-0.39, 0.29) is 5.82 Å². The number of carbonyl (C=O) groups excluding carboxylic acids is 1. The van der Waals surface area contributed by atoms with E-state index in [1.807, 2.05) is 12.1 Å². The molecule has 0 fully saturated rings. The Balaban J connectivity index is 1.93. The van der Waals surface area contributed by atoms with Crippen molar-refractivity contribution in [3.05, 3.63) is 65.5 Å². The smallest absolute Gasteiger partial charge is 0.343 e. The second-order valence-electron chi connectivity index (χ2n) is 5.00. The molecule has 2 nitrogen and oxygen atoms in total. The van der Waals surface area contributed by atoms with Crippen molar-refractivity contribution in [1.29, 1.82) is 0 Å². The van der Waals surface area contributed by atoms with E-state index in [1.54, 1.807) is 12.1 Å². The zero-order valence-electron chi connectivity index (χ0n) is 12.1. The van der Waals surface area contributed by atoms with Gasteiger partial charge in [-0.1, -0.05) is 31.9 Å². The van der Waals surface area contributed by atoms with Gasteiger partial charge >= 0.3 is 5.97 Å². The summed E-state index contributed by atoms with van der Waals surface area (Å²) in [6.07, 6.45) is 4.64. The number of halogens is 1. The molecule has 2 aromatic carbocycles. The lowest BCUT2D eigenvalue weighted by molar-refractivity contribution is 0.0734. The number of rotatable bonds is 6. The van der Waals surface area contributed by atoms with Crippen LogP contribution in [0.5, 0.6) is 5.75 Å². The van der Waals surface area contributed by atoms with Gasteiger partial charge in [-0.2, -0.15) is 0 Å². The fourth-order valence-corrected chi connectivity index (χ4v) is 2.06. The lowest BCUT2D eigenvalue weighted by Crippen LogP contribution is -2.08. The van der Waals surface area contributed by atoms with E-state index in [0.29, 0.717) is 11.3 Å². The van der Waals surface area contributed by atoms with Crippen LogP contribution in [-0.4, -0.2) is 5.97 Å². The molecule has 110 valence electrons. The molecule has 0 aliphatic heterocycles. The second-order valence-corrected chi connectivity index (χ2v) is 5.00. The summed E-state index contributed by atoms with van der Waals surface area (Å²) in [7, 11) is 0. The van der Waals surface area contributed by atoms with Gasteiger partial charge in [-0.3, -0.25) is 0 Å². The Hall–Kier alpha value is -2.16. The Morgan fingerprint density at radius 3 is 2.29 bits per heavy atom. The van der Waals surface area contributed by atoms with Crippen molar-refractivity contribution >= 4 is 5.97 Å². The first-order valence-electron chi connectivity index (χ1n) is 7.25. The molecule has 0 unspecified atom stereocenters. The summed E-state index contributed by atoms with van der Waals surface area (Å²) < 4.78 is 18.1. The molecule has 0 saturated heterocycles. The molecule has 0 radical (unpaired) electrons. The molecular weight excluding hydrogens is 267 g/mol. The average Bonchev–Trinajstić information content (AvgIpc) is 2.50. The first-order valence-corrected chi connectivity index (χ1v) is 7.25. The van der Waals surface area contributed by atoms with Crippen LogP contribution < -0.4 is 4.74 Å². The van der Waals surface area contributed by atoms with Gasteiger partial charge in [-0.25, -0.2) is 9.18 Å². The molecule has 0 N–H and O–H groups in total. The Kier molecular flexibility index (Phi) is 5.50. The molecule has 21 heavy (non-hydrogen) atoms. The molecule has 0 atom stereocenters. The molecule has 0 spiro atoms. The SMILES string of the molecule is CCCCCc1ccc(OC(=O)c2ccc(F)cc2)cc1. The molecule has 0 saturated carbocycles. The molecule has 0 aliphatic rings. The third-order valence-electron chi connectivity index (χ3n) is 3.28. The van der Waals surface area contributed by atoms with Gasteiger partial charge in [0.05, 0.1) is 5.56 Å². The maximum Gasteiger partial charge on any atom is 0.343 e. The highest BCUT2D eigenvalue weighted by molar-refractivity contribution is 5.90. The number of aryl methyl sites for hydroxylation is 1. The standard InChI is InChI=1S/C18H19FO2/c1-2-3-4-5-14-6-12-17(13-7-14)21-18(20)15-8-10-16(19)11-9-15/h6-13H,2-5H2,1H3. The predicted octanol–water partition coefficient (Wildman–Crippen LogP) is 4.78. The van der Waals surface area contributed by atoms with Crippen LogP contribution in [-0.2, 0) is 6.42 Å².